The molecule has 5 nitrogen and oxygen atoms in total. The van der Waals surface area contributed by atoms with Crippen LogP contribution in [0.15, 0.2) is 4.79 Å². The first-order chi connectivity index (χ1) is 9.62. The number of carbonyl (C=O) groups is 1. The summed E-state index contributed by atoms with van der Waals surface area (Å²) in [6.45, 7) is 10.5. The number of nitrogens with zero attached hydrogens (tertiary/aromatic N) is 1. The van der Waals surface area contributed by atoms with Gasteiger partial charge in [-0.05, 0) is 32.6 Å². The molecule has 0 bridgehead atoms. The summed E-state index contributed by atoms with van der Waals surface area (Å²) in [6.07, 6.45) is 0.545. The molecule has 120 valence electrons. The predicted octanol–water partition coefficient (Wildman–Crippen LogP) is 1.83. The van der Waals surface area contributed by atoms with Gasteiger partial charge in [0.25, 0.3) is 0 Å². The number of carbonyl (C=O) groups excluding carboxylic acids is 1. The molecule has 6 heteroatoms. The molecule has 0 radical (unpaired) electrons. The quantitative estimate of drug-likeness (QED) is 0.806. The molecule has 1 aromatic rings. The highest BCUT2D eigenvalue weighted by atomic mass is 32.1. The van der Waals surface area contributed by atoms with E-state index in [0.29, 0.717) is 25.9 Å². The molecule has 0 saturated carbocycles. The zero-order valence-electron chi connectivity index (χ0n) is 13.5. The smallest absolute Gasteiger partial charge is 0.307 e. The van der Waals surface area contributed by atoms with E-state index < -0.39 is 0 Å². The van der Waals surface area contributed by atoms with Crippen LogP contribution < -0.4 is 10.2 Å². The van der Waals surface area contributed by atoms with E-state index in [-0.39, 0.29) is 22.3 Å². The molecule has 0 aliphatic carbocycles. The molecule has 0 aliphatic rings. The van der Waals surface area contributed by atoms with E-state index in [1.165, 1.54) is 11.3 Å². The van der Waals surface area contributed by atoms with E-state index in [1.54, 1.807) is 11.5 Å². The highest BCUT2D eigenvalue weighted by Crippen LogP contribution is 2.21. The maximum atomic E-state index is 11.9. The van der Waals surface area contributed by atoms with Crippen molar-refractivity contribution in [2.24, 2.45) is 5.41 Å². The first kappa shape index (κ1) is 17.9. The lowest BCUT2D eigenvalue weighted by Crippen LogP contribution is -2.36. The number of thiazole rings is 1. The van der Waals surface area contributed by atoms with Gasteiger partial charge in [-0.15, -0.1) is 0 Å². The second-order valence-corrected chi connectivity index (χ2v) is 7.57. The number of aliphatic hydroxyl groups is 1. The minimum Gasteiger partial charge on any atom is -0.393 e. The number of hydrogen-bond donors (Lipinski definition) is 2. The fourth-order valence-electron chi connectivity index (χ4n) is 2.36. The molecule has 1 rings (SSSR count). The van der Waals surface area contributed by atoms with Gasteiger partial charge >= 0.3 is 4.87 Å². The van der Waals surface area contributed by atoms with Crippen LogP contribution in [0, 0.1) is 19.3 Å². The summed E-state index contributed by atoms with van der Waals surface area (Å²) in [5.41, 5.74) is 0.794. The normalized spacial score (nSPS) is 13.2. The highest BCUT2D eigenvalue weighted by Gasteiger charge is 2.21. The Labute approximate surface area is 130 Å². The monoisotopic (exact) mass is 314 g/mol. The molecule has 0 aliphatic heterocycles. The zero-order chi connectivity index (χ0) is 16.2. The van der Waals surface area contributed by atoms with E-state index in [1.807, 2.05) is 27.7 Å². The molecule has 1 atom stereocenters. The van der Waals surface area contributed by atoms with Gasteiger partial charge < -0.3 is 15.0 Å². The van der Waals surface area contributed by atoms with Crippen molar-refractivity contribution < 1.29 is 9.90 Å². The van der Waals surface area contributed by atoms with E-state index in [0.717, 1.165) is 10.6 Å². The average molecular weight is 314 g/mol. The van der Waals surface area contributed by atoms with Gasteiger partial charge in [-0.25, -0.2) is 0 Å². The Morgan fingerprint density at radius 1 is 1.43 bits per heavy atom. The van der Waals surface area contributed by atoms with Gasteiger partial charge in [0.05, 0.1) is 6.10 Å². The Morgan fingerprint density at radius 2 is 2.05 bits per heavy atom. The Balaban J connectivity index is 2.46. The number of nitrogens with one attached hydrogen (secondary N) is 1. The first-order valence-corrected chi connectivity index (χ1v) is 8.05. The Morgan fingerprint density at radius 3 is 2.52 bits per heavy atom. The van der Waals surface area contributed by atoms with Crippen LogP contribution in [0.3, 0.4) is 0 Å². The van der Waals surface area contributed by atoms with Crippen LogP contribution in [0.1, 0.15) is 44.2 Å². The molecular weight excluding hydrogens is 288 g/mol. The van der Waals surface area contributed by atoms with Crippen molar-refractivity contribution in [1.29, 1.82) is 0 Å². The molecule has 0 aromatic carbocycles. The zero-order valence-corrected chi connectivity index (χ0v) is 14.3. The third-order valence-corrected chi connectivity index (χ3v) is 4.55. The molecule has 1 heterocycles. The summed E-state index contributed by atoms with van der Waals surface area (Å²) in [4.78, 5) is 24.6. The van der Waals surface area contributed by atoms with Crippen molar-refractivity contribution in [3.8, 4) is 0 Å². The van der Waals surface area contributed by atoms with Crippen molar-refractivity contribution in [2.75, 3.05) is 6.54 Å². The van der Waals surface area contributed by atoms with Crippen LogP contribution in [0.5, 0.6) is 0 Å². The molecule has 21 heavy (non-hydrogen) atoms. The average Bonchev–Trinajstić information content (AvgIpc) is 2.57. The van der Waals surface area contributed by atoms with E-state index in [2.05, 4.69) is 5.32 Å². The van der Waals surface area contributed by atoms with Crippen LogP contribution >= 0.6 is 11.3 Å². The lowest BCUT2D eigenvalue weighted by molar-refractivity contribution is -0.121. The van der Waals surface area contributed by atoms with Gasteiger partial charge in [0, 0.05) is 30.1 Å². The number of aliphatic hydroxyl groups excluding tert-OH is 1. The standard InChI is InChI=1S/C15H26N2O3S/c1-10(18)8-15(4,5)9-16-13(19)6-7-17-11(2)12(3)21-14(17)20/h10,18H,6-9H2,1-5H3,(H,16,19). The van der Waals surface area contributed by atoms with Crippen molar-refractivity contribution in [1.82, 2.24) is 9.88 Å². The number of amides is 1. The highest BCUT2D eigenvalue weighted by molar-refractivity contribution is 7.09. The van der Waals surface area contributed by atoms with E-state index >= 15 is 0 Å². The molecule has 1 aromatic heterocycles. The van der Waals surface area contributed by atoms with Gasteiger partial charge in [-0.1, -0.05) is 25.2 Å². The second kappa shape index (κ2) is 7.22. The molecule has 2 N–H and O–H groups in total. The molecular formula is C15H26N2O3S. The van der Waals surface area contributed by atoms with Gasteiger partial charge in [-0.2, -0.15) is 0 Å². The number of aryl methyl sites for hydroxylation is 1. The number of aromatic nitrogens is 1. The molecule has 0 spiro atoms. The predicted molar refractivity (Wildman–Crippen MR) is 85.8 cm³/mol. The van der Waals surface area contributed by atoms with Crippen LogP contribution in [0.25, 0.3) is 0 Å². The maximum absolute atomic E-state index is 11.9. The van der Waals surface area contributed by atoms with Crippen molar-refractivity contribution in [2.45, 2.75) is 60.1 Å². The molecule has 0 fully saturated rings. The van der Waals surface area contributed by atoms with Crippen molar-refractivity contribution in [3.63, 3.8) is 0 Å². The Hall–Kier alpha value is -1.14. The second-order valence-electron chi connectivity index (χ2n) is 6.41. The van der Waals surface area contributed by atoms with E-state index in [9.17, 15) is 14.7 Å². The largest absolute Gasteiger partial charge is 0.393 e. The van der Waals surface area contributed by atoms with Crippen LogP contribution in [0.2, 0.25) is 0 Å². The van der Waals surface area contributed by atoms with Gasteiger partial charge in [-0.3, -0.25) is 9.59 Å². The van der Waals surface area contributed by atoms with Gasteiger partial charge in [0.15, 0.2) is 0 Å². The minimum atomic E-state index is -0.382. The Kier molecular flexibility index (Phi) is 6.16. The van der Waals surface area contributed by atoms with E-state index in [4.69, 9.17) is 0 Å². The fraction of sp³-hybridized carbons (Fsp3) is 0.733. The summed E-state index contributed by atoms with van der Waals surface area (Å²) >= 11 is 1.22. The minimum absolute atomic E-state index is 0.00719. The molecule has 0 saturated heterocycles. The van der Waals surface area contributed by atoms with Crippen molar-refractivity contribution in [3.05, 3.63) is 20.2 Å². The van der Waals surface area contributed by atoms with Gasteiger partial charge in [0.2, 0.25) is 5.91 Å². The number of hydrogen-bond acceptors (Lipinski definition) is 4. The fourth-order valence-corrected chi connectivity index (χ4v) is 3.22. The first-order valence-electron chi connectivity index (χ1n) is 7.24. The SMILES string of the molecule is Cc1sc(=O)n(CCC(=O)NCC(C)(C)CC(C)O)c1C. The molecule has 1 unspecified atom stereocenters. The third-order valence-electron chi connectivity index (χ3n) is 3.55. The van der Waals surface area contributed by atoms with Gasteiger partial charge in [0.1, 0.15) is 0 Å². The van der Waals surface area contributed by atoms with Crippen LogP contribution in [0.4, 0.5) is 0 Å². The lowest BCUT2D eigenvalue weighted by Gasteiger charge is -2.26. The van der Waals surface area contributed by atoms with Crippen molar-refractivity contribution >= 4 is 17.2 Å². The number of rotatable bonds is 7. The summed E-state index contributed by atoms with van der Waals surface area (Å²) < 4.78 is 1.65. The lowest BCUT2D eigenvalue weighted by atomic mass is 9.87. The molecule has 1 amide bonds. The Bertz CT molecular complexity index is 544. The van der Waals surface area contributed by atoms with Crippen LogP contribution in [-0.2, 0) is 11.3 Å². The topological polar surface area (TPSA) is 71.3 Å². The summed E-state index contributed by atoms with van der Waals surface area (Å²) in [5.74, 6) is -0.0659. The van der Waals surface area contributed by atoms with Crippen LogP contribution in [-0.4, -0.2) is 28.2 Å². The summed E-state index contributed by atoms with van der Waals surface area (Å²) in [7, 11) is 0. The summed E-state index contributed by atoms with van der Waals surface area (Å²) in [6, 6.07) is 0. The summed E-state index contributed by atoms with van der Waals surface area (Å²) in [5, 5.41) is 12.3. The maximum Gasteiger partial charge on any atom is 0.307 e. The third kappa shape index (κ3) is 5.63.